The van der Waals surface area contributed by atoms with Gasteiger partial charge in [0.05, 0.1) is 0 Å². The molecule has 0 bridgehead atoms. The van der Waals surface area contributed by atoms with Gasteiger partial charge in [-0.2, -0.15) is 0 Å². The Bertz CT molecular complexity index is 419. The predicted molar refractivity (Wildman–Crippen MR) is 67.2 cm³/mol. The van der Waals surface area contributed by atoms with Crippen molar-refractivity contribution >= 4 is 0 Å². The Morgan fingerprint density at radius 3 is 2.68 bits per heavy atom. The quantitative estimate of drug-likeness (QED) is 0.900. The molecule has 1 aromatic carbocycles. The number of halogens is 3. The van der Waals surface area contributed by atoms with Crippen LogP contribution in [-0.4, -0.2) is 18.9 Å². The van der Waals surface area contributed by atoms with Crippen LogP contribution in [0, 0.1) is 0 Å². The number of para-hydroxylation sites is 1. The van der Waals surface area contributed by atoms with Crippen molar-refractivity contribution in [3.63, 3.8) is 0 Å². The predicted octanol–water partition coefficient (Wildman–Crippen LogP) is 3.83. The van der Waals surface area contributed by atoms with Crippen molar-refractivity contribution < 1.29 is 17.9 Å². The first-order valence-electron chi connectivity index (χ1n) is 6.57. The monoisotopic (exact) mass is 273 g/mol. The molecule has 1 saturated carbocycles. The van der Waals surface area contributed by atoms with E-state index in [0.717, 1.165) is 25.8 Å². The maximum Gasteiger partial charge on any atom is 0.573 e. The topological polar surface area (TPSA) is 21.3 Å². The van der Waals surface area contributed by atoms with Gasteiger partial charge in [-0.15, -0.1) is 13.2 Å². The summed E-state index contributed by atoms with van der Waals surface area (Å²) in [5, 5.41) is 3.35. The highest BCUT2D eigenvalue weighted by Gasteiger charge is 2.34. The number of nitrogens with one attached hydrogen (secondary N) is 1. The first kappa shape index (κ1) is 14.2. The van der Waals surface area contributed by atoms with Crippen LogP contribution < -0.4 is 10.1 Å². The molecular weight excluding hydrogens is 255 g/mol. The number of benzene rings is 1. The van der Waals surface area contributed by atoms with Crippen molar-refractivity contribution in [2.75, 3.05) is 6.54 Å². The number of hydrogen-bond donors (Lipinski definition) is 1. The number of rotatable bonds is 4. The van der Waals surface area contributed by atoms with E-state index in [1.54, 1.807) is 18.2 Å². The van der Waals surface area contributed by atoms with Gasteiger partial charge in [-0.1, -0.05) is 25.1 Å². The fourth-order valence-corrected chi connectivity index (χ4v) is 2.77. The zero-order valence-electron chi connectivity index (χ0n) is 10.8. The molecule has 1 N–H and O–H groups in total. The summed E-state index contributed by atoms with van der Waals surface area (Å²) in [6.45, 7) is 2.92. The summed E-state index contributed by atoms with van der Waals surface area (Å²) in [5.41, 5.74) is 0.667. The lowest BCUT2D eigenvalue weighted by Crippen LogP contribution is -2.25. The van der Waals surface area contributed by atoms with E-state index < -0.39 is 6.36 Å². The molecule has 2 unspecified atom stereocenters. The van der Waals surface area contributed by atoms with Crippen LogP contribution in [0.15, 0.2) is 24.3 Å². The molecule has 19 heavy (non-hydrogen) atoms. The summed E-state index contributed by atoms with van der Waals surface area (Å²) < 4.78 is 41.2. The summed E-state index contributed by atoms with van der Waals surface area (Å²) in [5.74, 6) is 0.0831. The first-order chi connectivity index (χ1) is 8.99. The van der Waals surface area contributed by atoms with Gasteiger partial charge in [0.1, 0.15) is 5.75 Å². The van der Waals surface area contributed by atoms with E-state index >= 15 is 0 Å². The van der Waals surface area contributed by atoms with Gasteiger partial charge in [-0.3, -0.25) is 0 Å². The average molecular weight is 273 g/mol. The molecule has 0 heterocycles. The second kappa shape index (κ2) is 5.82. The molecule has 2 nitrogen and oxygen atoms in total. The van der Waals surface area contributed by atoms with Gasteiger partial charge < -0.3 is 10.1 Å². The third-order valence-electron chi connectivity index (χ3n) is 3.51. The summed E-state index contributed by atoms with van der Waals surface area (Å²) in [4.78, 5) is 0. The number of hydrogen-bond acceptors (Lipinski definition) is 2. The normalized spacial score (nSPS) is 23.6. The molecule has 0 radical (unpaired) electrons. The van der Waals surface area contributed by atoms with Crippen LogP contribution in [0.5, 0.6) is 5.75 Å². The van der Waals surface area contributed by atoms with Crippen molar-refractivity contribution in [3.05, 3.63) is 29.8 Å². The van der Waals surface area contributed by atoms with E-state index in [1.165, 1.54) is 6.07 Å². The van der Waals surface area contributed by atoms with Crippen molar-refractivity contribution in [1.82, 2.24) is 5.32 Å². The van der Waals surface area contributed by atoms with E-state index in [2.05, 4.69) is 10.1 Å². The number of ether oxygens (including phenoxy) is 1. The highest BCUT2D eigenvalue weighted by molar-refractivity contribution is 5.37. The van der Waals surface area contributed by atoms with E-state index in [4.69, 9.17) is 0 Å². The van der Waals surface area contributed by atoms with Crippen LogP contribution in [-0.2, 0) is 0 Å². The van der Waals surface area contributed by atoms with Gasteiger partial charge in [0.15, 0.2) is 0 Å². The summed E-state index contributed by atoms with van der Waals surface area (Å²) in [6.07, 6.45) is -1.86. The maximum absolute atomic E-state index is 12.4. The number of alkyl halides is 3. The molecule has 1 aromatic rings. The molecule has 1 aliphatic rings. The molecule has 1 fully saturated rings. The van der Waals surface area contributed by atoms with Gasteiger partial charge in [-0.05, 0) is 43.4 Å². The Kier molecular flexibility index (Phi) is 4.34. The van der Waals surface area contributed by atoms with Crippen LogP contribution in [0.25, 0.3) is 0 Å². The fourth-order valence-electron chi connectivity index (χ4n) is 2.77. The van der Waals surface area contributed by atoms with Crippen molar-refractivity contribution in [3.8, 4) is 5.75 Å². The van der Waals surface area contributed by atoms with Gasteiger partial charge in [0.25, 0.3) is 0 Å². The van der Waals surface area contributed by atoms with Crippen LogP contribution >= 0.6 is 0 Å². The zero-order valence-corrected chi connectivity index (χ0v) is 10.8. The first-order valence-corrected chi connectivity index (χ1v) is 6.57. The lowest BCUT2D eigenvalue weighted by molar-refractivity contribution is -0.275. The average Bonchev–Trinajstić information content (AvgIpc) is 2.76. The van der Waals surface area contributed by atoms with Gasteiger partial charge >= 0.3 is 6.36 Å². The SMILES string of the molecule is CCNC1CCC(c2ccccc2OC(F)(F)F)C1. The highest BCUT2D eigenvalue weighted by Crippen LogP contribution is 2.40. The minimum Gasteiger partial charge on any atom is -0.405 e. The second-order valence-electron chi connectivity index (χ2n) is 4.85. The lowest BCUT2D eigenvalue weighted by atomic mass is 9.96. The van der Waals surface area contributed by atoms with Crippen LogP contribution in [0.3, 0.4) is 0 Å². The van der Waals surface area contributed by atoms with E-state index in [0.29, 0.717) is 11.6 Å². The summed E-state index contributed by atoms with van der Waals surface area (Å²) >= 11 is 0. The largest absolute Gasteiger partial charge is 0.573 e. The Balaban J connectivity index is 2.12. The van der Waals surface area contributed by atoms with Gasteiger partial charge in [-0.25, -0.2) is 0 Å². The molecule has 106 valence electrons. The molecule has 2 atom stereocenters. The second-order valence-corrected chi connectivity index (χ2v) is 4.85. The third-order valence-corrected chi connectivity index (χ3v) is 3.51. The van der Waals surface area contributed by atoms with Crippen LogP contribution in [0.1, 0.15) is 37.7 Å². The molecule has 1 aliphatic carbocycles. The molecule has 0 aliphatic heterocycles. The Labute approximate surface area is 111 Å². The molecule has 0 amide bonds. The Morgan fingerprint density at radius 2 is 2.00 bits per heavy atom. The molecule has 2 rings (SSSR count). The highest BCUT2D eigenvalue weighted by atomic mass is 19.4. The zero-order chi connectivity index (χ0) is 13.9. The summed E-state index contributed by atoms with van der Waals surface area (Å²) in [7, 11) is 0. The molecular formula is C14H18F3NO. The van der Waals surface area contributed by atoms with E-state index in [1.807, 2.05) is 6.92 Å². The van der Waals surface area contributed by atoms with Crippen LogP contribution in [0.2, 0.25) is 0 Å². The Morgan fingerprint density at radius 1 is 1.26 bits per heavy atom. The minimum absolute atomic E-state index is 0.0582. The maximum atomic E-state index is 12.4. The van der Waals surface area contributed by atoms with E-state index in [-0.39, 0.29) is 11.7 Å². The lowest BCUT2D eigenvalue weighted by Gasteiger charge is -2.17. The van der Waals surface area contributed by atoms with Crippen molar-refractivity contribution in [1.29, 1.82) is 0 Å². The Hall–Kier alpha value is -1.23. The van der Waals surface area contributed by atoms with Gasteiger partial charge in [0, 0.05) is 6.04 Å². The third kappa shape index (κ3) is 3.86. The molecule has 0 spiro atoms. The van der Waals surface area contributed by atoms with Gasteiger partial charge in [0.2, 0.25) is 0 Å². The standard InChI is InChI=1S/C14H18F3NO/c1-2-18-11-8-7-10(9-11)12-5-3-4-6-13(12)19-14(15,16)17/h3-6,10-11,18H,2,7-9H2,1H3. The summed E-state index contributed by atoms with van der Waals surface area (Å²) in [6, 6.07) is 6.86. The fraction of sp³-hybridized carbons (Fsp3) is 0.571. The van der Waals surface area contributed by atoms with Crippen molar-refractivity contribution in [2.45, 2.75) is 44.5 Å². The minimum atomic E-state index is -4.63. The van der Waals surface area contributed by atoms with E-state index in [9.17, 15) is 13.2 Å². The smallest absolute Gasteiger partial charge is 0.405 e. The van der Waals surface area contributed by atoms with Crippen molar-refractivity contribution in [2.24, 2.45) is 0 Å². The van der Waals surface area contributed by atoms with Crippen LogP contribution in [0.4, 0.5) is 13.2 Å². The molecule has 5 heteroatoms. The molecule has 0 aromatic heterocycles. The molecule has 0 saturated heterocycles.